The summed E-state index contributed by atoms with van der Waals surface area (Å²) in [6, 6.07) is 57.2. The standard InChI is InChI=1S/C47H29N3O/c1-2-12-35-33(10-1)27-41(38-15-5-4-14-37(35)38)44-28-43(49-47(50-44)40-17-6-3-13-36(40)34-11-9-25-48-29-34)31-21-19-30(20-22-31)32-23-24-46-42(26-32)39-16-7-8-18-45(39)51-46/h1-29H. The summed E-state index contributed by atoms with van der Waals surface area (Å²) in [4.78, 5) is 15.0. The largest absolute Gasteiger partial charge is 0.456 e. The van der Waals surface area contributed by atoms with Crippen LogP contribution in [-0.4, -0.2) is 15.0 Å². The molecule has 0 aliphatic carbocycles. The number of para-hydroxylation sites is 1. The first-order valence-corrected chi connectivity index (χ1v) is 17.1. The van der Waals surface area contributed by atoms with E-state index in [4.69, 9.17) is 14.4 Å². The van der Waals surface area contributed by atoms with Gasteiger partial charge in [0.15, 0.2) is 5.82 Å². The number of hydrogen-bond donors (Lipinski definition) is 0. The van der Waals surface area contributed by atoms with E-state index in [1.165, 1.54) is 16.2 Å². The third kappa shape index (κ3) is 5.04. The molecule has 0 saturated heterocycles. The van der Waals surface area contributed by atoms with Crippen LogP contribution in [0.2, 0.25) is 0 Å². The van der Waals surface area contributed by atoms with E-state index in [0.29, 0.717) is 5.82 Å². The molecule has 10 rings (SSSR count). The minimum Gasteiger partial charge on any atom is -0.456 e. The van der Waals surface area contributed by atoms with Gasteiger partial charge in [-0.05, 0) is 74.6 Å². The summed E-state index contributed by atoms with van der Waals surface area (Å²) in [5, 5.41) is 7.01. The maximum Gasteiger partial charge on any atom is 0.161 e. The van der Waals surface area contributed by atoms with Crippen LogP contribution < -0.4 is 0 Å². The molecule has 0 spiro atoms. The van der Waals surface area contributed by atoms with Crippen LogP contribution in [-0.2, 0) is 0 Å². The predicted molar refractivity (Wildman–Crippen MR) is 209 cm³/mol. The van der Waals surface area contributed by atoms with Crippen molar-refractivity contribution in [1.29, 1.82) is 0 Å². The molecule has 0 unspecified atom stereocenters. The fourth-order valence-electron chi connectivity index (χ4n) is 7.31. The molecule has 0 aliphatic rings. The molecule has 0 fully saturated rings. The lowest BCUT2D eigenvalue weighted by Gasteiger charge is -2.15. The molecule has 7 aromatic carbocycles. The topological polar surface area (TPSA) is 51.8 Å². The summed E-state index contributed by atoms with van der Waals surface area (Å²) < 4.78 is 6.08. The summed E-state index contributed by atoms with van der Waals surface area (Å²) in [7, 11) is 0. The lowest BCUT2D eigenvalue weighted by Crippen LogP contribution is -1.98. The Hall–Kier alpha value is -6.91. The molecule has 4 nitrogen and oxygen atoms in total. The van der Waals surface area contributed by atoms with E-state index in [1.807, 2.05) is 30.5 Å². The molecular formula is C47H29N3O. The number of rotatable bonds is 5. The number of furan rings is 1. The van der Waals surface area contributed by atoms with Gasteiger partial charge in [0.25, 0.3) is 0 Å². The number of hydrogen-bond acceptors (Lipinski definition) is 4. The molecule has 4 heteroatoms. The number of nitrogens with zero attached hydrogens (tertiary/aromatic N) is 3. The Bertz CT molecular complexity index is 2910. The van der Waals surface area contributed by atoms with Crippen molar-refractivity contribution in [3.63, 3.8) is 0 Å². The van der Waals surface area contributed by atoms with Gasteiger partial charge in [-0.3, -0.25) is 4.98 Å². The first-order chi connectivity index (χ1) is 25.3. The van der Waals surface area contributed by atoms with Crippen LogP contribution >= 0.6 is 0 Å². The van der Waals surface area contributed by atoms with Crippen molar-refractivity contribution < 1.29 is 4.42 Å². The molecule has 0 amide bonds. The van der Waals surface area contributed by atoms with Gasteiger partial charge in [0, 0.05) is 45.4 Å². The molecule has 3 aromatic heterocycles. The predicted octanol–water partition coefficient (Wildman–Crippen LogP) is 12.4. The number of fused-ring (bicyclic) bond motifs is 6. The highest BCUT2D eigenvalue weighted by Gasteiger charge is 2.17. The highest BCUT2D eigenvalue weighted by molar-refractivity contribution is 6.13. The lowest BCUT2D eigenvalue weighted by atomic mass is 9.94. The Morgan fingerprint density at radius 1 is 0.373 bits per heavy atom. The van der Waals surface area contributed by atoms with Crippen molar-refractivity contribution >= 4 is 43.5 Å². The van der Waals surface area contributed by atoms with E-state index in [0.717, 1.165) is 77.7 Å². The first-order valence-electron chi connectivity index (χ1n) is 17.1. The van der Waals surface area contributed by atoms with Gasteiger partial charge in [-0.2, -0.15) is 0 Å². The van der Waals surface area contributed by atoms with Gasteiger partial charge in [0.1, 0.15) is 11.2 Å². The van der Waals surface area contributed by atoms with Crippen molar-refractivity contribution in [2.75, 3.05) is 0 Å². The van der Waals surface area contributed by atoms with Crippen LogP contribution in [0.25, 0.3) is 99.6 Å². The quantitative estimate of drug-likeness (QED) is 0.174. The molecule has 3 heterocycles. The molecule has 0 bridgehead atoms. The number of pyridine rings is 1. The fourth-order valence-corrected chi connectivity index (χ4v) is 7.31. The number of benzene rings is 7. The van der Waals surface area contributed by atoms with Crippen LogP contribution in [0.5, 0.6) is 0 Å². The molecule has 51 heavy (non-hydrogen) atoms. The van der Waals surface area contributed by atoms with E-state index in [-0.39, 0.29) is 0 Å². The molecule has 0 radical (unpaired) electrons. The molecular weight excluding hydrogens is 623 g/mol. The van der Waals surface area contributed by atoms with Gasteiger partial charge in [-0.15, -0.1) is 0 Å². The van der Waals surface area contributed by atoms with Crippen molar-refractivity contribution in [1.82, 2.24) is 15.0 Å². The Balaban J connectivity index is 1.15. The zero-order valence-corrected chi connectivity index (χ0v) is 27.5. The minimum absolute atomic E-state index is 0.667. The monoisotopic (exact) mass is 651 g/mol. The Morgan fingerprint density at radius 2 is 1.04 bits per heavy atom. The van der Waals surface area contributed by atoms with Crippen molar-refractivity contribution in [3.8, 4) is 56.2 Å². The van der Waals surface area contributed by atoms with Crippen LogP contribution in [0, 0.1) is 0 Å². The fraction of sp³-hybridized carbons (Fsp3) is 0. The smallest absolute Gasteiger partial charge is 0.161 e. The second kappa shape index (κ2) is 11.9. The van der Waals surface area contributed by atoms with Crippen LogP contribution in [0.4, 0.5) is 0 Å². The normalized spacial score (nSPS) is 11.5. The third-order valence-corrected chi connectivity index (χ3v) is 9.80. The van der Waals surface area contributed by atoms with E-state index in [9.17, 15) is 0 Å². The summed E-state index contributed by atoms with van der Waals surface area (Å²) >= 11 is 0. The average Bonchev–Trinajstić information content (AvgIpc) is 3.59. The van der Waals surface area contributed by atoms with Gasteiger partial charge in [0.2, 0.25) is 0 Å². The van der Waals surface area contributed by atoms with E-state index in [2.05, 4.69) is 145 Å². The number of aromatic nitrogens is 3. The minimum atomic E-state index is 0.667. The molecule has 0 atom stereocenters. The Labute approximate surface area is 294 Å². The van der Waals surface area contributed by atoms with Crippen LogP contribution in [0.3, 0.4) is 0 Å². The molecule has 0 saturated carbocycles. The molecule has 10 aromatic rings. The van der Waals surface area contributed by atoms with Gasteiger partial charge in [-0.25, -0.2) is 9.97 Å². The van der Waals surface area contributed by atoms with Crippen molar-refractivity contribution in [3.05, 3.63) is 176 Å². The summed E-state index contributed by atoms with van der Waals surface area (Å²) in [5.41, 5.74) is 10.9. The van der Waals surface area contributed by atoms with E-state index >= 15 is 0 Å². The summed E-state index contributed by atoms with van der Waals surface area (Å²) in [6.45, 7) is 0. The third-order valence-electron chi connectivity index (χ3n) is 9.80. The second-order valence-electron chi connectivity index (χ2n) is 12.8. The lowest BCUT2D eigenvalue weighted by molar-refractivity contribution is 0.669. The van der Waals surface area contributed by atoms with Crippen molar-refractivity contribution in [2.24, 2.45) is 0 Å². The van der Waals surface area contributed by atoms with Gasteiger partial charge in [0.05, 0.1) is 11.4 Å². The van der Waals surface area contributed by atoms with Crippen LogP contribution in [0.1, 0.15) is 0 Å². The zero-order valence-electron chi connectivity index (χ0n) is 27.5. The van der Waals surface area contributed by atoms with E-state index in [1.54, 1.807) is 6.20 Å². The highest BCUT2D eigenvalue weighted by Crippen LogP contribution is 2.39. The Morgan fingerprint density at radius 3 is 1.88 bits per heavy atom. The van der Waals surface area contributed by atoms with Gasteiger partial charge < -0.3 is 4.42 Å². The van der Waals surface area contributed by atoms with Crippen molar-refractivity contribution in [2.45, 2.75) is 0 Å². The van der Waals surface area contributed by atoms with Gasteiger partial charge >= 0.3 is 0 Å². The van der Waals surface area contributed by atoms with Gasteiger partial charge in [-0.1, -0.05) is 127 Å². The van der Waals surface area contributed by atoms with Crippen LogP contribution in [0.15, 0.2) is 181 Å². The highest BCUT2D eigenvalue weighted by atomic mass is 16.3. The summed E-state index contributed by atoms with van der Waals surface area (Å²) in [5.74, 6) is 0.667. The molecule has 238 valence electrons. The first kappa shape index (κ1) is 29.0. The summed E-state index contributed by atoms with van der Waals surface area (Å²) in [6.07, 6.45) is 3.69. The zero-order chi connectivity index (χ0) is 33.7. The van der Waals surface area contributed by atoms with E-state index < -0.39 is 0 Å². The SMILES string of the molecule is c1cncc(-c2ccccc2-c2nc(-c3ccc(-c4ccc5oc6ccccc6c5c4)cc3)cc(-c3cc4ccccc4c4ccccc34)n2)c1. The second-order valence-corrected chi connectivity index (χ2v) is 12.8. The maximum absolute atomic E-state index is 6.08. The molecule has 0 aliphatic heterocycles. The maximum atomic E-state index is 6.08. The Kier molecular flexibility index (Phi) is 6.78. The molecule has 0 N–H and O–H groups in total. The average molecular weight is 652 g/mol.